The van der Waals surface area contributed by atoms with Gasteiger partial charge in [0, 0.05) is 28.7 Å². The van der Waals surface area contributed by atoms with Crippen molar-refractivity contribution in [2.75, 3.05) is 10.6 Å². The quantitative estimate of drug-likeness (QED) is 0.116. The Morgan fingerprint density at radius 1 is 0.745 bits per heavy atom. The fourth-order valence-corrected chi connectivity index (χ4v) is 7.42. The Balaban J connectivity index is 1.29. The average molecular weight is 652 g/mol. The van der Waals surface area contributed by atoms with Gasteiger partial charge in [-0.3, -0.25) is 9.59 Å². The van der Waals surface area contributed by atoms with Gasteiger partial charge in [0.25, 0.3) is 11.8 Å². The van der Waals surface area contributed by atoms with Gasteiger partial charge >= 0.3 is 5.97 Å². The summed E-state index contributed by atoms with van der Waals surface area (Å²) < 4.78 is 0. The average Bonchev–Trinajstić information content (AvgIpc) is 3.40. The van der Waals surface area contributed by atoms with Crippen LogP contribution in [0.3, 0.4) is 0 Å². The summed E-state index contributed by atoms with van der Waals surface area (Å²) >= 11 is 1.54. The van der Waals surface area contributed by atoms with Crippen LogP contribution >= 0.6 is 11.3 Å². The number of carboxylic acid groups (broad SMARTS) is 1. The van der Waals surface area contributed by atoms with Gasteiger partial charge in [0.15, 0.2) is 0 Å². The normalized spacial score (nSPS) is 13.0. The third kappa shape index (κ3) is 9.18. The molecule has 3 aromatic carbocycles. The van der Waals surface area contributed by atoms with Gasteiger partial charge in [-0.05, 0) is 110 Å². The maximum absolute atomic E-state index is 13.9. The number of aryl methyl sites for hydroxylation is 3. The van der Waals surface area contributed by atoms with Gasteiger partial charge in [-0.1, -0.05) is 63.1 Å². The number of aromatic carboxylic acids is 1. The first kappa shape index (κ1) is 34.1. The standard InChI is InChI=1S/C39H45N3O4S/c1-3-31(4-2)40-25-28-10-9-11-30(24-28)36(43)42-38-35(33-12-7-5-6-8-13-34(33)47-38)37(44)41-32-22-18-27(19-23-32)15-14-26-16-20-29(21-17-26)39(45)46/h9-11,16-24,31,40H,3-8,12-15,25H2,1-2H3,(H,41,44)(H,42,43)(H,45,46). The highest BCUT2D eigenvalue weighted by molar-refractivity contribution is 7.17. The van der Waals surface area contributed by atoms with Crippen LogP contribution in [0, 0.1) is 0 Å². The van der Waals surface area contributed by atoms with Crippen molar-refractivity contribution in [3.8, 4) is 0 Å². The number of benzene rings is 3. The molecule has 0 bridgehead atoms. The second-order valence-corrected chi connectivity index (χ2v) is 13.4. The summed E-state index contributed by atoms with van der Waals surface area (Å²) in [6, 6.07) is 23.0. The van der Waals surface area contributed by atoms with E-state index in [0.29, 0.717) is 34.4 Å². The van der Waals surface area contributed by atoms with Crippen LogP contribution in [-0.4, -0.2) is 28.9 Å². The number of carbonyl (C=O) groups is 3. The van der Waals surface area contributed by atoms with Crippen LogP contribution in [0.4, 0.5) is 10.7 Å². The first-order valence-corrected chi connectivity index (χ1v) is 17.7. The van der Waals surface area contributed by atoms with Crippen LogP contribution in [0.2, 0.25) is 0 Å². The van der Waals surface area contributed by atoms with Crippen molar-refractivity contribution < 1.29 is 19.5 Å². The molecule has 7 nitrogen and oxygen atoms in total. The van der Waals surface area contributed by atoms with E-state index >= 15 is 0 Å². The molecule has 0 saturated heterocycles. The zero-order valence-electron chi connectivity index (χ0n) is 27.4. The van der Waals surface area contributed by atoms with Crippen molar-refractivity contribution in [2.45, 2.75) is 90.6 Å². The highest BCUT2D eigenvalue weighted by atomic mass is 32.1. The number of carbonyl (C=O) groups excluding carboxylic acids is 2. The lowest BCUT2D eigenvalue weighted by Gasteiger charge is -2.15. The molecule has 5 rings (SSSR count). The lowest BCUT2D eigenvalue weighted by atomic mass is 9.96. The molecule has 1 aliphatic carbocycles. The molecule has 0 atom stereocenters. The minimum Gasteiger partial charge on any atom is -0.478 e. The van der Waals surface area contributed by atoms with E-state index < -0.39 is 5.97 Å². The Morgan fingerprint density at radius 3 is 2.06 bits per heavy atom. The van der Waals surface area contributed by atoms with Crippen LogP contribution < -0.4 is 16.0 Å². The predicted octanol–water partition coefficient (Wildman–Crippen LogP) is 8.67. The monoisotopic (exact) mass is 651 g/mol. The smallest absolute Gasteiger partial charge is 0.335 e. The molecular formula is C39H45N3O4S. The molecule has 0 saturated carbocycles. The van der Waals surface area contributed by atoms with E-state index in [4.69, 9.17) is 5.11 Å². The van der Waals surface area contributed by atoms with Crippen LogP contribution in [0.15, 0.2) is 72.8 Å². The van der Waals surface area contributed by atoms with Crippen molar-refractivity contribution in [1.82, 2.24) is 5.32 Å². The molecule has 4 N–H and O–H groups in total. The predicted molar refractivity (Wildman–Crippen MR) is 191 cm³/mol. The molecule has 8 heteroatoms. The van der Waals surface area contributed by atoms with Gasteiger partial charge in [0.05, 0.1) is 11.1 Å². The summed E-state index contributed by atoms with van der Waals surface area (Å²) in [4.78, 5) is 39.8. The number of fused-ring (bicyclic) bond motifs is 1. The highest BCUT2D eigenvalue weighted by Gasteiger charge is 2.26. The summed E-state index contributed by atoms with van der Waals surface area (Å²) in [7, 11) is 0. The SMILES string of the molecule is CCC(CC)NCc1cccc(C(=O)Nc2sc3c(c2C(=O)Nc2ccc(CCc4ccc(C(=O)O)cc4)cc2)CCCCCC3)c1. The van der Waals surface area contributed by atoms with E-state index in [1.807, 2.05) is 60.7 Å². The van der Waals surface area contributed by atoms with E-state index in [1.54, 1.807) is 23.5 Å². The number of amides is 2. The summed E-state index contributed by atoms with van der Waals surface area (Å²) in [5, 5.41) is 19.5. The largest absolute Gasteiger partial charge is 0.478 e. The summed E-state index contributed by atoms with van der Waals surface area (Å²) in [5.41, 5.74) is 6.46. The molecule has 1 aliphatic rings. The second-order valence-electron chi connectivity index (χ2n) is 12.3. The third-order valence-corrected chi connectivity index (χ3v) is 10.2. The summed E-state index contributed by atoms with van der Waals surface area (Å²) in [5.74, 6) is -1.34. The van der Waals surface area contributed by atoms with E-state index in [1.165, 1.54) is 11.3 Å². The fourth-order valence-electron chi connectivity index (χ4n) is 6.14. The molecule has 47 heavy (non-hydrogen) atoms. The molecule has 0 fully saturated rings. The fraction of sp³-hybridized carbons (Fsp3) is 0.359. The zero-order chi connectivity index (χ0) is 33.2. The maximum Gasteiger partial charge on any atom is 0.335 e. The van der Waals surface area contributed by atoms with Crippen LogP contribution in [0.25, 0.3) is 0 Å². The van der Waals surface area contributed by atoms with E-state index in [-0.39, 0.29) is 17.4 Å². The summed E-state index contributed by atoms with van der Waals surface area (Å²) in [6.45, 7) is 5.05. The van der Waals surface area contributed by atoms with Crippen LogP contribution in [-0.2, 0) is 32.2 Å². The first-order valence-electron chi connectivity index (χ1n) is 16.8. The Kier molecular flexibility index (Phi) is 12.0. The van der Waals surface area contributed by atoms with Crippen molar-refractivity contribution in [3.63, 3.8) is 0 Å². The van der Waals surface area contributed by atoms with Crippen molar-refractivity contribution >= 4 is 39.8 Å². The number of hydrogen-bond acceptors (Lipinski definition) is 5. The van der Waals surface area contributed by atoms with Gasteiger partial charge < -0.3 is 21.1 Å². The number of hydrogen-bond donors (Lipinski definition) is 4. The number of carboxylic acids is 1. The van der Waals surface area contributed by atoms with Gasteiger partial charge in [-0.2, -0.15) is 0 Å². The maximum atomic E-state index is 13.9. The Labute approximate surface area is 281 Å². The molecule has 2 amide bonds. The molecule has 1 heterocycles. The molecular weight excluding hydrogens is 607 g/mol. The van der Waals surface area contributed by atoms with E-state index in [0.717, 1.165) is 80.0 Å². The van der Waals surface area contributed by atoms with E-state index in [2.05, 4.69) is 29.8 Å². The Hall–Kier alpha value is -4.27. The molecule has 0 unspecified atom stereocenters. The Bertz CT molecular complexity index is 1670. The first-order chi connectivity index (χ1) is 22.8. The zero-order valence-corrected chi connectivity index (χ0v) is 28.2. The molecule has 4 aromatic rings. The van der Waals surface area contributed by atoms with Crippen LogP contribution in [0.1, 0.15) is 111 Å². The molecule has 246 valence electrons. The van der Waals surface area contributed by atoms with Gasteiger partial charge in [0.1, 0.15) is 5.00 Å². The number of anilines is 2. The minimum atomic E-state index is -0.927. The molecule has 0 aliphatic heterocycles. The summed E-state index contributed by atoms with van der Waals surface area (Å²) in [6.07, 6.45) is 9.86. The number of rotatable bonds is 13. The van der Waals surface area contributed by atoms with Crippen molar-refractivity contribution in [2.24, 2.45) is 0 Å². The lowest BCUT2D eigenvalue weighted by molar-refractivity contribution is 0.0696. The van der Waals surface area contributed by atoms with Gasteiger partial charge in [-0.25, -0.2) is 4.79 Å². The molecule has 0 spiro atoms. The number of nitrogens with one attached hydrogen (secondary N) is 3. The third-order valence-electron chi connectivity index (χ3n) is 9.01. The lowest BCUT2D eigenvalue weighted by Crippen LogP contribution is -2.27. The second kappa shape index (κ2) is 16.5. The van der Waals surface area contributed by atoms with Crippen LogP contribution in [0.5, 0.6) is 0 Å². The van der Waals surface area contributed by atoms with Gasteiger partial charge in [0.2, 0.25) is 0 Å². The van der Waals surface area contributed by atoms with Gasteiger partial charge in [-0.15, -0.1) is 11.3 Å². The van der Waals surface area contributed by atoms with Crippen molar-refractivity contribution in [1.29, 1.82) is 0 Å². The van der Waals surface area contributed by atoms with E-state index in [9.17, 15) is 14.4 Å². The molecule has 0 radical (unpaired) electrons. The highest BCUT2D eigenvalue weighted by Crippen LogP contribution is 2.38. The topological polar surface area (TPSA) is 108 Å². The van der Waals surface area contributed by atoms with Crippen molar-refractivity contribution in [3.05, 3.63) is 117 Å². The Morgan fingerprint density at radius 2 is 1.40 bits per heavy atom. The number of thiophene rings is 1. The minimum absolute atomic E-state index is 0.201. The molecule has 1 aromatic heterocycles.